The second-order valence-electron chi connectivity index (χ2n) is 5.81. The third-order valence-electron chi connectivity index (χ3n) is 3.95. The van der Waals surface area contributed by atoms with Gasteiger partial charge in [0.25, 0.3) is 11.9 Å². The van der Waals surface area contributed by atoms with Crippen LogP contribution >= 0.6 is 0 Å². The Morgan fingerprint density at radius 2 is 2.12 bits per heavy atom. The van der Waals surface area contributed by atoms with Crippen LogP contribution in [-0.4, -0.2) is 55.9 Å². The molecule has 0 spiro atoms. The minimum atomic E-state index is -0.833. The van der Waals surface area contributed by atoms with Crippen molar-refractivity contribution in [3.8, 4) is 5.75 Å². The maximum Gasteiger partial charge on any atom is 0.300 e. The molecule has 2 heterocycles. The number of nitrogens with one attached hydrogen (secondary N) is 2. The molecule has 3 rings (SSSR count). The van der Waals surface area contributed by atoms with Crippen molar-refractivity contribution >= 4 is 11.9 Å². The van der Waals surface area contributed by atoms with E-state index in [0.29, 0.717) is 5.56 Å². The monoisotopic (exact) mass is 336 g/mol. The van der Waals surface area contributed by atoms with Gasteiger partial charge in [-0.05, 0) is 36.6 Å². The van der Waals surface area contributed by atoms with Crippen molar-refractivity contribution in [2.45, 2.75) is 31.9 Å². The van der Waals surface area contributed by atoms with Gasteiger partial charge in [0.05, 0.1) is 18.8 Å². The first-order chi connectivity index (χ1) is 11.5. The number of carbonyl (C=O) groups excluding carboxylic acids is 1. The summed E-state index contributed by atoms with van der Waals surface area (Å²) in [6, 6.07) is 5.68. The van der Waals surface area contributed by atoms with E-state index < -0.39 is 5.97 Å². The highest BCUT2D eigenvalue weighted by Gasteiger charge is 2.28. The molecule has 0 radical (unpaired) electrons. The van der Waals surface area contributed by atoms with Gasteiger partial charge in [0.15, 0.2) is 0 Å². The summed E-state index contributed by atoms with van der Waals surface area (Å²) in [6.45, 7) is 3.37. The van der Waals surface area contributed by atoms with Gasteiger partial charge >= 0.3 is 0 Å². The van der Waals surface area contributed by atoms with Crippen LogP contribution in [0.5, 0.6) is 5.75 Å². The van der Waals surface area contributed by atoms with Crippen LogP contribution in [0.15, 0.2) is 18.2 Å². The smallest absolute Gasteiger partial charge is 0.300 e. The van der Waals surface area contributed by atoms with E-state index in [9.17, 15) is 4.79 Å². The van der Waals surface area contributed by atoms with E-state index in [4.69, 9.17) is 19.4 Å². The molecule has 24 heavy (non-hydrogen) atoms. The van der Waals surface area contributed by atoms with E-state index in [1.807, 2.05) is 18.2 Å². The zero-order valence-electron chi connectivity index (χ0n) is 14.0. The molecule has 1 amide bonds. The minimum Gasteiger partial charge on any atom is -0.493 e. The predicted octanol–water partition coefficient (Wildman–Crippen LogP) is 0.819. The predicted molar refractivity (Wildman–Crippen MR) is 88.5 cm³/mol. The van der Waals surface area contributed by atoms with E-state index in [2.05, 4.69) is 10.6 Å². The molecule has 132 valence electrons. The van der Waals surface area contributed by atoms with Crippen LogP contribution in [0.1, 0.15) is 29.3 Å². The van der Waals surface area contributed by atoms with Gasteiger partial charge in [-0.15, -0.1) is 0 Å². The molecule has 1 aromatic carbocycles. The molecule has 0 bridgehead atoms. The van der Waals surface area contributed by atoms with E-state index in [1.54, 1.807) is 7.11 Å². The fourth-order valence-corrected chi connectivity index (χ4v) is 2.80. The molecule has 7 heteroatoms. The number of amides is 1. The lowest BCUT2D eigenvalue weighted by Gasteiger charge is -2.20. The van der Waals surface area contributed by atoms with Crippen molar-refractivity contribution in [2.24, 2.45) is 0 Å². The lowest BCUT2D eigenvalue weighted by molar-refractivity contribution is -0.134. The molecule has 0 unspecified atom stereocenters. The van der Waals surface area contributed by atoms with Crippen LogP contribution in [0.3, 0.4) is 0 Å². The summed E-state index contributed by atoms with van der Waals surface area (Å²) in [7, 11) is 1.67. The lowest BCUT2D eigenvalue weighted by Crippen LogP contribution is -2.43. The standard InChI is InChI=1S/C15H20N2O3.C2H4O2/c1-19-14-9-16-8-12(14)17-15(18)11-4-5-13-10(7-11)3-2-6-20-13;1-2(3)4/h4-5,7,12,14,16H,2-3,6,8-9H2,1H3,(H,17,18);1H3,(H,3,4)/t12-,14-;/m0./s1. The van der Waals surface area contributed by atoms with Crippen molar-refractivity contribution in [3.63, 3.8) is 0 Å². The Kier molecular flexibility index (Phi) is 6.57. The number of hydrogen-bond acceptors (Lipinski definition) is 5. The number of ether oxygens (including phenoxy) is 2. The average molecular weight is 336 g/mol. The Balaban J connectivity index is 0.000000471. The SMILES string of the molecule is CC(=O)O.CO[C@H]1CNC[C@@H]1NC(=O)c1ccc2c(c1)CCCO2. The molecule has 7 nitrogen and oxygen atoms in total. The van der Waals surface area contributed by atoms with Gasteiger partial charge in [-0.2, -0.15) is 0 Å². The fraction of sp³-hybridized carbons (Fsp3) is 0.529. The summed E-state index contributed by atoms with van der Waals surface area (Å²) in [6.07, 6.45) is 2.03. The molecule has 2 aliphatic rings. The number of carboxylic acid groups (broad SMARTS) is 1. The molecular weight excluding hydrogens is 312 g/mol. The fourth-order valence-electron chi connectivity index (χ4n) is 2.80. The van der Waals surface area contributed by atoms with E-state index in [1.165, 1.54) is 0 Å². The number of hydrogen-bond donors (Lipinski definition) is 3. The Hall–Kier alpha value is -2.12. The summed E-state index contributed by atoms with van der Waals surface area (Å²) in [5.74, 6) is 0.0271. The van der Waals surface area contributed by atoms with E-state index in [0.717, 1.165) is 50.8 Å². The molecule has 2 aliphatic heterocycles. The van der Waals surface area contributed by atoms with Crippen LogP contribution in [0.25, 0.3) is 0 Å². The second kappa shape index (κ2) is 8.65. The maximum absolute atomic E-state index is 12.3. The number of methoxy groups -OCH3 is 1. The third-order valence-corrected chi connectivity index (χ3v) is 3.95. The van der Waals surface area contributed by atoms with Crippen molar-refractivity contribution in [3.05, 3.63) is 29.3 Å². The highest BCUT2D eigenvalue weighted by atomic mass is 16.5. The van der Waals surface area contributed by atoms with Gasteiger partial charge in [0.1, 0.15) is 5.75 Å². The minimum absolute atomic E-state index is 0.0276. The summed E-state index contributed by atoms with van der Waals surface area (Å²) in [5, 5.41) is 13.7. The second-order valence-corrected chi connectivity index (χ2v) is 5.81. The summed E-state index contributed by atoms with van der Waals surface area (Å²) < 4.78 is 10.9. The Morgan fingerprint density at radius 3 is 2.83 bits per heavy atom. The number of benzene rings is 1. The number of carboxylic acids is 1. The summed E-state index contributed by atoms with van der Waals surface area (Å²) >= 11 is 0. The lowest BCUT2D eigenvalue weighted by atomic mass is 10.0. The largest absolute Gasteiger partial charge is 0.493 e. The third kappa shape index (κ3) is 4.94. The maximum atomic E-state index is 12.3. The highest BCUT2D eigenvalue weighted by molar-refractivity contribution is 5.94. The first kappa shape index (κ1) is 18.2. The van der Waals surface area contributed by atoms with Gasteiger partial charge < -0.3 is 25.2 Å². The Bertz CT molecular complexity index is 586. The number of rotatable bonds is 3. The number of aryl methyl sites for hydroxylation is 1. The van der Waals surface area contributed by atoms with Crippen LogP contribution in [-0.2, 0) is 16.0 Å². The molecule has 1 saturated heterocycles. The molecule has 0 saturated carbocycles. The van der Waals surface area contributed by atoms with Crippen molar-refractivity contribution in [2.75, 3.05) is 26.8 Å². The van der Waals surface area contributed by atoms with Gasteiger partial charge in [-0.1, -0.05) is 0 Å². The molecule has 0 aromatic heterocycles. The van der Waals surface area contributed by atoms with Gasteiger partial charge in [0, 0.05) is 32.7 Å². The zero-order chi connectivity index (χ0) is 17.5. The van der Waals surface area contributed by atoms with Crippen molar-refractivity contribution in [1.29, 1.82) is 0 Å². The van der Waals surface area contributed by atoms with Crippen LogP contribution in [0, 0.1) is 0 Å². The number of carbonyl (C=O) groups is 2. The topological polar surface area (TPSA) is 96.9 Å². The summed E-state index contributed by atoms with van der Waals surface area (Å²) in [4.78, 5) is 21.3. The zero-order valence-corrected chi connectivity index (χ0v) is 14.0. The quantitative estimate of drug-likeness (QED) is 0.756. The number of fused-ring (bicyclic) bond motifs is 1. The Morgan fingerprint density at radius 1 is 1.38 bits per heavy atom. The number of aliphatic carboxylic acids is 1. The average Bonchev–Trinajstić information content (AvgIpc) is 3.01. The highest BCUT2D eigenvalue weighted by Crippen LogP contribution is 2.25. The first-order valence-corrected chi connectivity index (χ1v) is 8.01. The molecule has 0 aliphatic carbocycles. The van der Waals surface area contributed by atoms with Gasteiger partial charge in [-0.3, -0.25) is 9.59 Å². The van der Waals surface area contributed by atoms with Gasteiger partial charge in [-0.25, -0.2) is 0 Å². The van der Waals surface area contributed by atoms with Crippen LogP contribution in [0.2, 0.25) is 0 Å². The van der Waals surface area contributed by atoms with E-state index >= 15 is 0 Å². The van der Waals surface area contributed by atoms with Crippen LogP contribution < -0.4 is 15.4 Å². The van der Waals surface area contributed by atoms with Crippen molar-refractivity contribution in [1.82, 2.24) is 10.6 Å². The molecule has 2 atom stereocenters. The van der Waals surface area contributed by atoms with Crippen molar-refractivity contribution < 1.29 is 24.2 Å². The van der Waals surface area contributed by atoms with E-state index in [-0.39, 0.29) is 18.1 Å². The van der Waals surface area contributed by atoms with Crippen LogP contribution in [0.4, 0.5) is 0 Å². The van der Waals surface area contributed by atoms with Gasteiger partial charge in [0.2, 0.25) is 0 Å². The first-order valence-electron chi connectivity index (χ1n) is 8.01. The normalized spacial score (nSPS) is 21.8. The molecular formula is C17H24N2O5. The molecule has 1 fully saturated rings. The Labute approximate surface area is 141 Å². The summed E-state index contributed by atoms with van der Waals surface area (Å²) in [5.41, 5.74) is 1.81. The molecule has 3 N–H and O–H groups in total. The molecule has 1 aromatic rings.